The molecule has 0 fully saturated rings. The summed E-state index contributed by atoms with van der Waals surface area (Å²) < 4.78 is 41.3. The van der Waals surface area contributed by atoms with E-state index in [1.165, 1.54) is 18.2 Å². The van der Waals surface area contributed by atoms with Gasteiger partial charge < -0.3 is 5.11 Å². The van der Waals surface area contributed by atoms with Crippen LogP contribution in [0.15, 0.2) is 36.7 Å². The Labute approximate surface area is 116 Å². The summed E-state index contributed by atoms with van der Waals surface area (Å²) in [4.78, 5) is 15.2. The predicted molar refractivity (Wildman–Crippen MR) is 67.9 cm³/mol. The number of rotatable bonds is 2. The average Bonchev–Trinajstić information content (AvgIpc) is 2.88. The number of nitrogens with zero attached hydrogens (tertiary/aromatic N) is 2. The van der Waals surface area contributed by atoms with Crippen LogP contribution in [0.25, 0.3) is 16.7 Å². The van der Waals surface area contributed by atoms with Gasteiger partial charge in [0, 0.05) is 0 Å². The molecule has 4 nitrogen and oxygen atoms in total. The Balaban J connectivity index is 2.37. The molecule has 0 bridgehead atoms. The van der Waals surface area contributed by atoms with E-state index in [1.54, 1.807) is 0 Å². The van der Waals surface area contributed by atoms with E-state index in [4.69, 9.17) is 0 Å². The van der Waals surface area contributed by atoms with E-state index in [-0.39, 0.29) is 16.8 Å². The third-order valence-electron chi connectivity index (χ3n) is 3.07. The molecular weight excluding hydrogens is 285 g/mol. The zero-order chi connectivity index (χ0) is 15.1. The summed E-state index contributed by atoms with van der Waals surface area (Å²) in [5.74, 6) is -5.58. The minimum Gasteiger partial charge on any atom is -0.478 e. The van der Waals surface area contributed by atoms with Crippen molar-refractivity contribution in [2.45, 2.75) is 0 Å². The maximum Gasteiger partial charge on any atom is 0.337 e. The largest absolute Gasteiger partial charge is 0.478 e. The van der Waals surface area contributed by atoms with E-state index in [9.17, 15) is 23.1 Å². The highest BCUT2D eigenvalue weighted by Crippen LogP contribution is 2.25. The van der Waals surface area contributed by atoms with E-state index in [1.807, 2.05) is 0 Å². The Bertz CT molecular complexity index is 874. The molecule has 0 radical (unpaired) electrons. The summed E-state index contributed by atoms with van der Waals surface area (Å²) in [6, 6.07) is 6.14. The average molecular weight is 292 g/mol. The SMILES string of the molecule is O=C(O)c1cccc2ncn(-c3ccc(F)c(F)c3F)c12. The summed E-state index contributed by atoms with van der Waals surface area (Å²) in [5.41, 5.74) is -0.0202. The van der Waals surface area contributed by atoms with Crippen LogP contribution in [0, 0.1) is 17.5 Å². The Morgan fingerprint density at radius 2 is 1.86 bits per heavy atom. The summed E-state index contributed by atoms with van der Waals surface area (Å²) >= 11 is 0. The lowest BCUT2D eigenvalue weighted by atomic mass is 10.1. The van der Waals surface area contributed by atoms with Gasteiger partial charge in [-0.3, -0.25) is 4.57 Å². The van der Waals surface area contributed by atoms with Crippen molar-refractivity contribution in [2.24, 2.45) is 0 Å². The van der Waals surface area contributed by atoms with Crippen molar-refractivity contribution in [3.8, 4) is 5.69 Å². The molecule has 1 heterocycles. The Morgan fingerprint density at radius 3 is 2.57 bits per heavy atom. The third kappa shape index (κ3) is 1.94. The molecule has 0 aliphatic carbocycles. The van der Waals surface area contributed by atoms with Gasteiger partial charge in [-0.2, -0.15) is 0 Å². The lowest BCUT2D eigenvalue weighted by Crippen LogP contribution is -2.05. The second kappa shape index (κ2) is 4.62. The molecule has 0 unspecified atom stereocenters. The highest BCUT2D eigenvalue weighted by Gasteiger charge is 2.19. The topological polar surface area (TPSA) is 55.1 Å². The lowest BCUT2D eigenvalue weighted by molar-refractivity contribution is 0.0698. The molecule has 0 spiro atoms. The van der Waals surface area contributed by atoms with E-state index in [0.717, 1.165) is 23.0 Å². The van der Waals surface area contributed by atoms with Crippen molar-refractivity contribution < 1.29 is 23.1 Å². The van der Waals surface area contributed by atoms with Crippen molar-refractivity contribution in [1.82, 2.24) is 9.55 Å². The number of halogens is 3. The Hall–Kier alpha value is -2.83. The van der Waals surface area contributed by atoms with Gasteiger partial charge in [-0.15, -0.1) is 0 Å². The molecule has 106 valence electrons. The van der Waals surface area contributed by atoms with E-state index >= 15 is 0 Å². The maximum absolute atomic E-state index is 13.9. The fourth-order valence-electron chi connectivity index (χ4n) is 2.12. The second-order valence-corrected chi connectivity index (χ2v) is 4.29. The van der Waals surface area contributed by atoms with Gasteiger partial charge in [-0.25, -0.2) is 22.9 Å². The fourth-order valence-corrected chi connectivity index (χ4v) is 2.12. The number of para-hydroxylation sites is 1. The molecule has 2 aromatic carbocycles. The van der Waals surface area contributed by atoms with Crippen molar-refractivity contribution in [3.05, 3.63) is 59.7 Å². The van der Waals surface area contributed by atoms with Crippen LogP contribution < -0.4 is 0 Å². The normalized spacial score (nSPS) is 11.0. The van der Waals surface area contributed by atoms with E-state index in [0.29, 0.717) is 5.52 Å². The van der Waals surface area contributed by atoms with E-state index < -0.39 is 23.4 Å². The number of imidazole rings is 1. The number of aromatic carboxylic acids is 1. The number of carboxylic acids is 1. The molecule has 0 atom stereocenters. The summed E-state index contributed by atoms with van der Waals surface area (Å²) in [5, 5.41) is 9.17. The van der Waals surface area contributed by atoms with Crippen molar-refractivity contribution >= 4 is 17.0 Å². The smallest absolute Gasteiger partial charge is 0.337 e. The summed E-state index contributed by atoms with van der Waals surface area (Å²) in [7, 11) is 0. The van der Waals surface area contributed by atoms with Crippen LogP contribution >= 0.6 is 0 Å². The van der Waals surface area contributed by atoms with Gasteiger partial charge in [0.25, 0.3) is 0 Å². The molecule has 0 saturated carbocycles. The number of fused-ring (bicyclic) bond motifs is 1. The molecule has 3 aromatic rings. The van der Waals surface area contributed by atoms with Gasteiger partial charge in [0.15, 0.2) is 17.5 Å². The lowest BCUT2D eigenvalue weighted by Gasteiger charge is -2.08. The number of hydrogen-bond donors (Lipinski definition) is 1. The number of aromatic nitrogens is 2. The maximum atomic E-state index is 13.9. The summed E-state index contributed by atoms with van der Waals surface area (Å²) in [6.07, 6.45) is 1.16. The first-order valence-electron chi connectivity index (χ1n) is 5.84. The number of carboxylic acid groups (broad SMARTS) is 1. The molecule has 0 amide bonds. The Morgan fingerprint density at radius 1 is 1.10 bits per heavy atom. The van der Waals surface area contributed by atoms with Gasteiger partial charge in [0.05, 0.1) is 22.3 Å². The molecule has 7 heteroatoms. The molecule has 1 N–H and O–H groups in total. The van der Waals surface area contributed by atoms with Crippen LogP contribution in [-0.2, 0) is 0 Å². The van der Waals surface area contributed by atoms with Crippen LogP contribution in [0.5, 0.6) is 0 Å². The predicted octanol–water partition coefficient (Wildman–Crippen LogP) is 3.14. The molecule has 3 rings (SSSR count). The highest BCUT2D eigenvalue weighted by molar-refractivity contribution is 6.01. The van der Waals surface area contributed by atoms with Gasteiger partial charge in [-0.1, -0.05) is 6.07 Å². The minimum absolute atomic E-state index is 0.106. The zero-order valence-corrected chi connectivity index (χ0v) is 10.3. The molecule has 21 heavy (non-hydrogen) atoms. The zero-order valence-electron chi connectivity index (χ0n) is 10.3. The van der Waals surface area contributed by atoms with Gasteiger partial charge in [-0.05, 0) is 24.3 Å². The molecular formula is C14H7F3N2O2. The van der Waals surface area contributed by atoms with Crippen LogP contribution in [0.1, 0.15) is 10.4 Å². The van der Waals surface area contributed by atoms with Gasteiger partial charge >= 0.3 is 5.97 Å². The third-order valence-corrected chi connectivity index (χ3v) is 3.07. The molecule has 0 aliphatic rings. The van der Waals surface area contributed by atoms with E-state index in [2.05, 4.69) is 4.98 Å². The highest BCUT2D eigenvalue weighted by atomic mass is 19.2. The minimum atomic E-state index is -1.62. The van der Waals surface area contributed by atoms with Crippen LogP contribution in [0.4, 0.5) is 13.2 Å². The number of benzene rings is 2. The van der Waals surface area contributed by atoms with Crippen LogP contribution in [-0.4, -0.2) is 20.6 Å². The first-order chi connectivity index (χ1) is 10.0. The van der Waals surface area contributed by atoms with Crippen molar-refractivity contribution in [3.63, 3.8) is 0 Å². The molecule has 0 aliphatic heterocycles. The molecule has 1 aromatic heterocycles. The monoisotopic (exact) mass is 292 g/mol. The van der Waals surface area contributed by atoms with Crippen LogP contribution in [0.2, 0.25) is 0 Å². The van der Waals surface area contributed by atoms with Crippen LogP contribution in [0.3, 0.4) is 0 Å². The fraction of sp³-hybridized carbons (Fsp3) is 0. The Kier molecular flexibility index (Phi) is 2.90. The van der Waals surface area contributed by atoms with Crippen molar-refractivity contribution in [1.29, 1.82) is 0 Å². The standard InChI is InChI=1S/C14H7F3N2O2/c15-8-4-5-10(12(17)11(8)16)19-6-18-9-3-1-2-7(13(9)19)14(20)21/h1-6H,(H,20,21). The number of carbonyl (C=O) groups is 1. The first kappa shape index (κ1) is 13.2. The number of hydrogen-bond acceptors (Lipinski definition) is 2. The second-order valence-electron chi connectivity index (χ2n) is 4.29. The summed E-state index contributed by atoms with van der Waals surface area (Å²) in [6.45, 7) is 0. The molecule has 0 saturated heterocycles. The van der Waals surface area contributed by atoms with Gasteiger partial charge in [0.2, 0.25) is 0 Å². The van der Waals surface area contributed by atoms with Crippen molar-refractivity contribution in [2.75, 3.05) is 0 Å². The first-order valence-corrected chi connectivity index (χ1v) is 5.84. The quantitative estimate of drug-likeness (QED) is 0.738. The van der Waals surface area contributed by atoms with Gasteiger partial charge in [0.1, 0.15) is 6.33 Å².